The Morgan fingerprint density at radius 1 is 1.04 bits per heavy atom. The number of carbonyl (C=O) groups is 1. The second-order valence-electron chi connectivity index (χ2n) is 7.64. The van der Waals surface area contributed by atoms with Crippen LogP contribution in [0.4, 0.5) is 0 Å². The average Bonchev–Trinajstić information content (AvgIpc) is 3.18. The maximum atomic E-state index is 10.5. The molecule has 1 N–H and O–H groups in total. The van der Waals surface area contributed by atoms with E-state index in [-0.39, 0.29) is 0 Å². The van der Waals surface area contributed by atoms with E-state index in [1.165, 1.54) is 44.9 Å². The van der Waals surface area contributed by atoms with Gasteiger partial charge < -0.3 is 14.6 Å². The molecule has 2 bridgehead atoms. The van der Waals surface area contributed by atoms with E-state index in [0.717, 1.165) is 31.0 Å². The van der Waals surface area contributed by atoms with Gasteiger partial charge in [-0.3, -0.25) is 4.79 Å². The van der Waals surface area contributed by atoms with Crippen LogP contribution < -0.4 is 0 Å². The average molecular weight is 357 g/mol. The molecule has 3 rings (SSSR count). The third kappa shape index (κ3) is 5.12. The highest BCUT2D eigenvalue weighted by atomic mass is 32.2. The fraction of sp³-hybridized carbons (Fsp3) is 0.947. The van der Waals surface area contributed by atoms with E-state index in [0.29, 0.717) is 36.6 Å². The van der Waals surface area contributed by atoms with Crippen molar-refractivity contribution in [2.24, 2.45) is 11.8 Å². The Labute approximate surface area is 150 Å². The number of ether oxygens (including phenoxy) is 2. The van der Waals surface area contributed by atoms with Gasteiger partial charge in [0, 0.05) is 18.3 Å². The van der Waals surface area contributed by atoms with Crippen LogP contribution in [0.3, 0.4) is 0 Å². The first-order valence-electron chi connectivity index (χ1n) is 9.80. The lowest BCUT2D eigenvalue weighted by Gasteiger charge is -2.30. The molecule has 2 heterocycles. The molecule has 138 valence electrons. The third-order valence-electron chi connectivity index (χ3n) is 5.91. The molecule has 1 aliphatic carbocycles. The highest BCUT2D eigenvalue weighted by Crippen LogP contribution is 2.45. The molecule has 0 amide bonds. The zero-order chi connectivity index (χ0) is 16.8. The number of thioether (sulfide) groups is 1. The van der Waals surface area contributed by atoms with Crippen LogP contribution in [0, 0.1) is 11.8 Å². The van der Waals surface area contributed by atoms with Crippen molar-refractivity contribution in [3.63, 3.8) is 0 Å². The number of hydrogen-bond acceptors (Lipinski definition) is 4. The molecule has 0 aromatic rings. The first kappa shape index (κ1) is 18.5. The highest BCUT2D eigenvalue weighted by molar-refractivity contribution is 7.99. The second-order valence-corrected chi connectivity index (χ2v) is 8.79. The summed E-state index contributed by atoms with van der Waals surface area (Å²) in [6.07, 6.45) is 12.4. The number of unbranched alkanes of at least 4 members (excludes halogenated alkanes) is 1. The zero-order valence-corrected chi connectivity index (χ0v) is 15.5. The number of fused-ring (bicyclic) bond motifs is 2. The first-order chi connectivity index (χ1) is 11.7. The molecule has 0 radical (unpaired) electrons. The van der Waals surface area contributed by atoms with Crippen molar-refractivity contribution < 1.29 is 19.4 Å². The summed E-state index contributed by atoms with van der Waals surface area (Å²) in [6.45, 7) is 0.885. The van der Waals surface area contributed by atoms with Crippen molar-refractivity contribution in [1.82, 2.24) is 0 Å². The van der Waals surface area contributed by atoms with Gasteiger partial charge in [0.25, 0.3) is 0 Å². The van der Waals surface area contributed by atoms with Gasteiger partial charge in [-0.1, -0.05) is 19.3 Å². The van der Waals surface area contributed by atoms with Gasteiger partial charge in [0.1, 0.15) is 0 Å². The Kier molecular flexibility index (Phi) is 7.29. The van der Waals surface area contributed by atoms with Crippen LogP contribution in [0.15, 0.2) is 0 Å². The van der Waals surface area contributed by atoms with E-state index in [2.05, 4.69) is 0 Å². The zero-order valence-electron chi connectivity index (χ0n) is 14.7. The van der Waals surface area contributed by atoms with E-state index in [9.17, 15) is 4.79 Å². The molecule has 0 unspecified atom stereocenters. The number of hydrogen-bond donors (Lipinski definition) is 1. The molecule has 3 fully saturated rings. The van der Waals surface area contributed by atoms with E-state index >= 15 is 0 Å². The Bertz CT molecular complexity index is 397. The van der Waals surface area contributed by atoms with Crippen LogP contribution in [-0.4, -0.2) is 47.5 Å². The molecule has 0 spiro atoms. The first-order valence-corrected chi connectivity index (χ1v) is 11.0. The largest absolute Gasteiger partial charge is 0.481 e. The second kappa shape index (κ2) is 9.44. The Morgan fingerprint density at radius 3 is 2.54 bits per heavy atom. The molecule has 4 atom stereocenters. The van der Waals surface area contributed by atoms with Crippen molar-refractivity contribution in [2.75, 3.05) is 18.1 Å². The number of rotatable bonds is 10. The molecule has 2 saturated heterocycles. The molecule has 1 saturated carbocycles. The van der Waals surface area contributed by atoms with Gasteiger partial charge >= 0.3 is 5.97 Å². The van der Waals surface area contributed by atoms with Crippen LogP contribution in [0.5, 0.6) is 0 Å². The minimum absolute atomic E-state index is 0.301. The van der Waals surface area contributed by atoms with Crippen molar-refractivity contribution in [3.05, 3.63) is 0 Å². The molecular formula is C19H32O4S. The SMILES string of the molecule is O=C(O)CCCCSC[C@H]1[C@@H](COC2CCCCC2)[C@H]2CC[C@@H]1O2. The van der Waals surface area contributed by atoms with Gasteiger partial charge in [0.05, 0.1) is 24.9 Å². The lowest BCUT2D eigenvalue weighted by molar-refractivity contribution is -0.137. The standard InChI is InChI=1S/C19H32O4S/c20-19(21)8-4-5-11-24-13-16-15(17-9-10-18(16)23-17)12-22-14-6-2-1-3-7-14/h14-18H,1-13H2,(H,20,21)/t15-,16+,17-,18+/m1/s1. The molecule has 0 aromatic carbocycles. The third-order valence-corrected chi connectivity index (χ3v) is 7.10. The predicted molar refractivity (Wildman–Crippen MR) is 96.5 cm³/mol. The van der Waals surface area contributed by atoms with Gasteiger partial charge in [0.2, 0.25) is 0 Å². The predicted octanol–water partition coefficient (Wildman–Crippen LogP) is 4.12. The lowest BCUT2D eigenvalue weighted by Crippen LogP contribution is -2.34. The topological polar surface area (TPSA) is 55.8 Å². The van der Waals surface area contributed by atoms with Crippen LogP contribution in [-0.2, 0) is 14.3 Å². The van der Waals surface area contributed by atoms with Crippen LogP contribution in [0.1, 0.15) is 64.2 Å². The maximum Gasteiger partial charge on any atom is 0.303 e. The highest BCUT2D eigenvalue weighted by Gasteiger charge is 2.48. The van der Waals surface area contributed by atoms with Gasteiger partial charge in [-0.25, -0.2) is 0 Å². The molecule has 3 aliphatic rings. The van der Waals surface area contributed by atoms with Gasteiger partial charge in [-0.2, -0.15) is 11.8 Å². The summed E-state index contributed by atoms with van der Waals surface area (Å²) in [6, 6.07) is 0. The van der Waals surface area contributed by atoms with Gasteiger partial charge in [-0.05, 0) is 50.0 Å². The summed E-state index contributed by atoms with van der Waals surface area (Å²) in [5.74, 6) is 2.75. The number of carboxylic acid groups (broad SMARTS) is 1. The lowest BCUT2D eigenvalue weighted by atomic mass is 9.81. The van der Waals surface area contributed by atoms with Gasteiger partial charge in [-0.15, -0.1) is 0 Å². The van der Waals surface area contributed by atoms with E-state index < -0.39 is 5.97 Å². The van der Waals surface area contributed by atoms with E-state index in [4.69, 9.17) is 14.6 Å². The smallest absolute Gasteiger partial charge is 0.303 e. The summed E-state index contributed by atoms with van der Waals surface area (Å²) < 4.78 is 12.4. The molecule has 5 heteroatoms. The summed E-state index contributed by atoms with van der Waals surface area (Å²) >= 11 is 1.98. The molecule has 0 aromatic heterocycles. The van der Waals surface area contributed by atoms with Crippen molar-refractivity contribution >= 4 is 17.7 Å². The van der Waals surface area contributed by atoms with Crippen molar-refractivity contribution in [1.29, 1.82) is 0 Å². The summed E-state index contributed by atoms with van der Waals surface area (Å²) in [5.41, 5.74) is 0. The normalized spacial score (nSPS) is 33.2. The summed E-state index contributed by atoms with van der Waals surface area (Å²) in [5, 5.41) is 8.68. The number of aliphatic carboxylic acids is 1. The minimum Gasteiger partial charge on any atom is -0.481 e. The molecule has 24 heavy (non-hydrogen) atoms. The van der Waals surface area contributed by atoms with Crippen LogP contribution in [0.2, 0.25) is 0 Å². The fourth-order valence-corrected chi connectivity index (χ4v) is 5.82. The molecule has 4 nitrogen and oxygen atoms in total. The van der Waals surface area contributed by atoms with Crippen molar-refractivity contribution in [3.8, 4) is 0 Å². The van der Waals surface area contributed by atoms with E-state index in [1.807, 2.05) is 11.8 Å². The maximum absolute atomic E-state index is 10.5. The molecule has 2 aliphatic heterocycles. The monoisotopic (exact) mass is 356 g/mol. The Morgan fingerprint density at radius 2 is 1.79 bits per heavy atom. The quantitative estimate of drug-likeness (QED) is 0.597. The van der Waals surface area contributed by atoms with E-state index in [1.54, 1.807) is 0 Å². The van der Waals surface area contributed by atoms with Crippen LogP contribution in [0.25, 0.3) is 0 Å². The Balaban J connectivity index is 1.37. The number of carboxylic acids is 1. The summed E-state index contributed by atoms with van der Waals surface area (Å²) in [4.78, 5) is 10.5. The molecular weight excluding hydrogens is 324 g/mol. The Hall–Kier alpha value is -0.260. The van der Waals surface area contributed by atoms with Crippen molar-refractivity contribution in [2.45, 2.75) is 82.5 Å². The minimum atomic E-state index is -0.679. The van der Waals surface area contributed by atoms with Gasteiger partial charge in [0.15, 0.2) is 0 Å². The summed E-state index contributed by atoms with van der Waals surface area (Å²) in [7, 11) is 0. The fourth-order valence-electron chi connectivity index (χ4n) is 4.51. The van der Waals surface area contributed by atoms with Crippen LogP contribution >= 0.6 is 11.8 Å².